The number of hydrogen-bond acceptors (Lipinski definition) is 4. The average Bonchev–Trinajstić information content (AvgIpc) is 3.02. The average molecular weight is 316 g/mol. The van der Waals surface area contributed by atoms with Crippen LogP contribution in [0.3, 0.4) is 0 Å². The molecule has 1 aromatic carbocycles. The van der Waals surface area contributed by atoms with Crippen molar-refractivity contribution in [3.05, 3.63) is 42.2 Å². The molecule has 0 aromatic heterocycles. The first kappa shape index (κ1) is 17.5. The molecule has 0 atom stereocenters. The van der Waals surface area contributed by atoms with Crippen LogP contribution >= 0.6 is 0 Å². The highest BCUT2D eigenvalue weighted by Crippen LogP contribution is 2.16. The van der Waals surface area contributed by atoms with Crippen LogP contribution in [0.2, 0.25) is 0 Å². The molecule has 126 valence electrons. The van der Waals surface area contributed by atoms with Gasteiger partial charge in [-0.3, -0.25) is 0 Å². The van der Waals surface area contributed by atoms with Gasteiger partial charge in [0.25, 0.3) is 0 Å². The number of likely N-dealkylation sites (tertiary alicyclic amines) is 1. The maximum absolute atomic E-state index is 9.39. The predicted octanol–water partition coefficient (Wildman–Crippen LogP) is 4.16. The molecule has 4 nitrogen and oxygen atoms in total. The Morgan fingerprint density at radius 2 is 1.91 bits per heavy atom. The van der Waals surface area contributed by atoms with Gasteiger partial charge in [0.05, 0.1) is 5.71 Å². The summed E-state index contributed by atoms with van der Waals surface area (Å²) in [6.45, 7) is 11.7. The molecule has 23 heavy (non-hydrogen) atoms. The van der Waals surface area contributed by atoms with Crippen molar-refractivity contribution in [1.29, 1.82) is 0 Å². The SMILES string of the molecule is C=C(CCCN1CCCC1)O/N=C(/c1ccc(O)cc1)C(C)C. The summed E-state index contributed by atoms with van der Waals surface area (Å²) in [7, 11) is 0. The van der Waals surface area contributed by atoms with E-state index in [1.807, 2.05) is 12.1 Å². The number of rotatable bonds is 8. The van der Waals surface area contributed by atoms with Crippen LogP contribution < -0.4 is 0 Å². The second-order valence-electron chi connectivity index (χ2n) is 6.46. The molecule has 0 amide bonds. The van der Waals surface area contributed by atoms with E-state index in [0.717, 1.165) is 30.7 Å². The number of allylic oxidation sites excluding steroid dienone is 1. The topological polar surface area (TPSA) is 45.1 Å². The van der Waals surface area contributed by atoms with E-state index in [1.54, 1.807) is 12.1 Å². The van der Waals surface area contributed by atoms with Gasteiger partial charge in [0, 0.05) is 6.42 Å². The molecule has 0 aliphatic carbocycles. The highest BCUT2D eigenvalue weighted by molar-refractivity contribution is 6.01. The molecule has 1 aliphatic rings. The lowest BCUT2D eigenvalue weighted by atomic mass is 10.0. The van der Waals surface area contributed by atoms with Gasteiger partial charge in [0.15, 0.2) is 0 Å². The molecule has 0 saturated carbocycles. The summed E-state index contributed by atoms with van der Waals surface area (Å²) in [6.07, 6.45) is 4.55. The van der Waals surface area contributed by atoms with Crippen LogP contribution in [0.5, 0.6) is 5.75 Å². The third kappa shape index (κ3) is 5.71. The molecule has 1 aliphatic heterocycles. The third-order valence-electron chi connectivity index (χ3n) is 4.11. The molecule has 1 saturated heterocycles. The summed E-state index contributed by atoms with van der Waals surface area (Å²) in [6, 6.07) is 7.04. The Labute approximate surface area is 139 Å². The minimum atomic E-state index is 0.233. The summed E-state index contributed by atoms with van der Waals surface area (Å²) < 4.78 is 0. The van der Waals surface area contributed by atoms with Crippen molar-refractivity contribution in [2.45, 2.75) is 39.5 Å². The van der Waals surface area contributed by atoms with Crippen LogP contribution in [0.15, 0.2) is 41.8 Å². The van der Waals surface area contributed by atoms with Gasteiger partial charge < -0.3 is 14.8 Å². The molecule has 0 bridgehead atoms. The molecule has 4 heteroatoms. The van der Waals surface area contributed by atoms with Crippen LogP contribution in [0.1, 0.15) is 45.1 Å². The Morgan fingerprint density at radius 3 is 2.52 bits per heavy atom. The lowest BCUT2D eigenvalue weighted by Gasteiger charge is -2.14. The molecule has 0 unspecified atom stereocenters. The van der Waals surface area contributed by atoms with Gasteiger partial charge in [0.1, 0.15) is 11.5 Å². The maximum atomic E-state index is 9.39. The van der Waals surface area contributed by atoms with E-state index in [0.29, 0.717) is 5.76 Å². The van der Waals surface area contributed by atoms with Crippen molar-refractivity contribution < 1.29 is 9.94 Å². The molecule has 1 fully saturated rings. The summed E-state index contributed by atoms with van der Waals surface area (Å²) in [5.41, 5.74) is 1.83. The molecular weight excluding hydrogens is 288 g/mol. The fourth-order valence-electron chi connectivity index (χ4n) is 2.79. The summed E-state index contributed by atoms with van der Waals surface area (Å²) in [5, 5.41) is 13.7. The van der Waals surface area contributed by atoms with E-state index in [-0.39, 0.29) is 11.7 Å². The van der Waals surface area contributed by atoms with E-state index in [1.165, 1.54) is 25.9 Å². The fraction of sp³-hybridized carbons (Fsp3) is 0.526. The molecule has 1 heterocycles. The van der Waals surface area contributed by atoms with E-state index >= 15 is 0 Å². The van der Waals surface area contributed by atoms with Crippen molar-refractivity contribution in [1.82, 2.24) is 4.90 Å². The van der Waals surface area contributed by atoms with Gasteiger partial charge >= 0.3 is 0 Å². The van der Waals surface area contributed by atoms with Gasteiger partial charge in [-0.05, 0) is 74.6 Å². The molecule has 1 N–H and O–H groups in total. The highest BCUT2D eigenvalue weighted by atomic mass is 16.6. The fourth-order valence-corrected chi connectivity index (χ4v) is 2.79. The lowest BCUT2D eigenvalue weighted by molar-refractivity contribution is 0.210. The number of phenols is 1. The van der Waals surface area contributed by atoms with E-state index in [2.05, 4.69) is 30.5 Å². The van der Waals surface area contributed by atoms with Crippen molar-refractivity contribution in [2.75, 3.05) is 19.6 Å². The maximum Gasteiger partial charge on any atom is 0.127 e. The molecule has 0 radical (unpaired) electrons. The second-order valence-corrected chi connectivity index (χ2v) is 6.46. The first-order valence-electron chi connectivity index (χ1n) is 8.50. The van der Waals surface area contributed by atoms with Gasteiger partial charge in [-0.1, -0.05) is 25.6 Å². The van der Waals surface area contributed by atoms with Crippen LogP contribution in [-0.2, 0) is 4.84 Å². The van der Waals surface area contributed by atoms with Crippen LogP contribution in [-0.4, -0.2) is 35.4 Å². The Morgan fingerprint density at radius 1 is 1.26 bits per heavy atom. The van der Waals surface area contributed by atoms with Crippen LogP contribution in [0.25, 0.3) is 0 Å². The zero-order chi connectivity index (χ0) is 16.7. The molecule has 2 rings (SSSR count). The predicted molar refractivity (Wildman–Crippen MR) is 94.6 cm³/mol. The number of aromatic hydroxyl groups is 1. The standard InChI is InChI=1S/C19H28N2O2/c1-15(2)19(17-8-10-18(22)11-9-17)20-23-16(3)7-6-14-21-12-4-5-13-21/h8-11,15,22H,3-7,12-14H2,1-2H3/b20-19+. The molecule has 0 spiro atoms. The lowest BCUT2D eigenvalue weighted by Crippen LogP contribution is -2.20. The first-order valence-corrected chi connectivity index (χ1v) is 8.50. The Balaban J connectivity index is 1.84. The Kier molecular flexibility index (Phi) is 6.66. The summed E-state index contributed by atoms with van der Waals surface area (Å²) in [4.78, 5) is 8.02. The van der Waals surface area contributed by atoms with E-state index in [9.17, 15) is 5.11 Å². The van der Waals surface area contributed by atoms with E-state index < -0.39 is 0 Å². The zero-order valence-corrected chi connectivity index (χ0v) is 14.3. The molecular formula is C19H28N2O2. The van der Waals surface area contributed by atoms with E-state index in [4.69, 9.17) is 4.84 Å². The van der Waals surface area contributed by atoms with Gasteiger partial charge in [-0.2, -0.15) is 0 Å². The summed E-state index contributed by atoms with van der Waals surface area (Å²) in [5.74, 6) is 1.20. The van der Waals surface area contributed by atoms with Gasteiger partial charge in [0.2, 0.25) is 0 Å². The first-order chi connectivity index (χ1) is 11.1. The van der Waals surface area contributed by atoms with Crippen LogP contribution in [0.4, 0.5) is 0 Å². The number of nitrogens with zero attached hydrogens (tertiary/aromatic N) is 2. The second kappa shape index (κ2) is 8.73. The van der Waals surface area contributed by atoms with Crippen molar-refractivity contribution in [2.24, 2.45) is 11.1 Å². The largest absolute Gasteiger partial charge is 0.508 e. The number of hydrogen-bond donors (Lipinski definition) is 1. The van der Waals surface area contributed by atoms with Crippen molar-refractivity contribution in [3.8, 4) is 5.75 Å². The minimum absolute atomic E-state index is 0.233. The smallest absolute Gasteiger partial charge is 0.127 e. The Bertz CT molecular complexity index is 529. The molecule has 1 aromatic rings. The van der Waals surface area contributed by atoms with Crippen molar-refractivity contribution >= 4 is 5.71 Å². The zero-order valence-electron chi connectivity index (χ0n) is 14.3. The van der Waals surface area contributed by atoms with Gasteiger partial charge in [-0.15, -0.1) is 0 Å². The van der Waals surface area contributed by atoms with Gasteiger partial charge in [-0.25, -0.2) is 0 Å². The number of benzene rings is 1. The third-order valence-corrected chi connectivity index (χ3v) is 4.11. The Hall–Kier alpha value is -1.81. The highest BCUT2D eigenvalue weighted by Gasteiger charge is 2.12. The normalized spacial score (nSPS) is 16.0. The number of phenolic OH excluding ortho intramolecular Hbond substituents is 1. The minimum Gasteiger partial charge on any atom is -0.508 e. The monoisotopic (exact) mass is 316 g/mol. The quantitative estimate of drug-likeness (QED) is 0.445. The van der Waals surface area contributed by atoms with Crippen molar-refractivity contribution in [3.63, 3.8) is 0 Å². The van der Waals surface area contributed by atoms with Crippen LogP contribution in [0, 0.1) is 5.92 Å². The number of oxime groups is 1. The summed E-state index contributed by atoms with van der Waals surface area (Å²) >= 11 is 0.